The standard InChI is InChI=1S/C13H16N4O3/c1-8(2)14-7-11-15-16-13(20-11)10-6-4-5-9(3)12(10)17(18)19/h4-6,8,14H,7H2,1-3H3. The van der Waals surface area contributed by atoms with Gasteiger partial charge in [-0.05, 0) is 13.0 Å². The fraction of sp³-hybridized carbons (Fsp3) is 0.385. The number of rotatable bonds is 5. The minimum absolute atomic E-state index is 0.000446. The van der Waals surface area contributed by atoms with E-state index in [-0.39, 0.29) is 11.6 Å². The lowest BCUT2D eigenvalue weighted by Gasteiger charge is -2.03. The van der Waals surface area contributed by atoms with E-state index in [1.807, 2.05) is 13.8 Å². The highest BCUT2D eigenvalue weighted by atomic mass is 16.6. The molecule has 1 aromatic heterocycles. The summed E-state index contributed by atoms with van der Waals surface area (Å²) in [5, 5.41) is 22.1. The molecule has 0 saturated heterocycles. The van der Waals surface area contributed by atoms with Crippen LogP contribution in [0.4, 0.5) is 5.69 Å². The van der Waals surface area contributed by atoms with Gasteiger partial charge in [0.2, 0.25) is 5.89 Å². The van der Waals surface area contributed by atoms with Crippen LogP contribution >= 0.6 is 0 Å². The minimum Gasteiger partial charge on any atom is -0.419 e. The molecule has 1 heterocycles. The second kappa shape index (κ2) is 5.79. The third-order valence-corrected chi connectivity index (χ3v) is 2.78. The first-order valence-electron chi connectivity index (χ1n) is 6.29. The predicted molar refractivity (Wildman–Crippen MR) is 73.1 cm³/mol. The number of nitro groups is 1. The molecule has 0 fully saturated rings. The van der Waals surface area contributed by atoms with E-state index in [1.165, 1.54) is 0 Å². The fourth-order valence-electron chi connectivity index (χ4n) is 1.80. The summed E-state index contributed by atoms with van der Waals surface area (Å²) in [6, 6.07) is 5.31. The molecular weight excluding hydrogens is 260 g/mol. The van der Waals surface area contributed by atoms with Crippen LogP contribution in [0.2, 0.25) is 0 Å². The maximum absolute atomic E-state index is 11.1. The number of hydrogen-bond acceptors (Lipinski definition) is 6. The van der Waals surface area contributed by atoms with E-state index < -0.39 is 4.92 Å². The lowest BCUT2D eigenvalue weighted by Crippen LogP contribution is -2.21. The molecular formula is C13H16N4O3. The molecule has 2 rings (SSSR count). The Hall–Kier alpha value is -2.28. The predicted octanol–water partition coefficient (Wildman–Crippen LogP) is 2.45. The van der Waals surface area contributed by atoms with Gasteiger partial charge in [-0.1, -0.05) is 26.0 Å². The van der Waals surface area contributed by atoms with E-state index in [0.717, 1.165) is 0 Å². The Morgan fingerprint density at radius 3 is 2.80 bits per heavy atom. The highest BCUT2D eigenvalue weighted by Gasteiger charge is 2.22. The van der Waals surface area contributed by atoms with Crippen LogP contribution in [0.3, 0.4) is 0 Å². The summed E-state index contributed by atoms with van der Waals surface area (Å²) in [6.07, 6.45) is 0. The topological polar surface area (TPSA) is 94.1 Å². The lowest BCUT2D eigenvalue weighted by molar-refractivity contribution is -0.384. The van der Waals surface area contributed by atoms with Crippen LogP contribution < -0.4 is 5.32 Å². The van der Waals surface area contributed by atoms with Gasteiger partial charge < -0.3 is 9.73 Å². The van der Waals surface area contributed by atoms with E-state index >= 15 is 0 Å². The average molecular weight is 276 g/mol. The van der Waals surface area contributed by atoms with Crippen LogP contribution in [-0.2, 0) is 6.54 Å². The van der Waals surface area contributed by atoms with E-state index in [1.54, 1.807) is 25.1 Å². The number of para-hydroxylation sites is 1. The molecule has 0 unspecified atom stereocenters. The SMILES string of the molecule is Cc1cccc(-c2nnc(CNC(C)C)o2)c1[N+](=O)[O-]. The lowest BCUT2D eigenvalue weighted by atomic mass is 10.1. The second-order valence-corrected chi connectivity index (χ2v) is 4.76. The molecule has 0 atom stereocenters. The van der Waals surface area contributed by atoms with Crippen molar-refractivity contribution in [1.29, 1.82) is 0 Å². The summed E-state index contributed by atoms with van der Waals surface area (Å²) in [6.45, 7) is 6.12. The Kier molecular flexibility index (Phi) is 4.09. The first-order chi connectivity index (χ1) is 9.49. The smallest absolute Gasteiger partial charge is 0.284 e. The van der Waals surface area contributed by atoms with Gasteiger partial charge in [-0.15, -0.1) is 10.2 Å². The minimum atomic E-state index is -0.430. The van der Waals surface area contributed by atoms with Crippen LogP contribution in [0.25, 0.3) is 11.5 Å². The molecule has 7 heteroatoms. The third-order valence-electron chi connectivity index (χ3n) is 2.78. The normalized spacial score (nSPS) is 11.0. The van der Waals surface area contributed by atoms with Gasteiger partial charge in [0.05, 0.1) is 11.5 Å². The average Bonchev–Trinajstić information content (AvgIpc) is 2.84. The van der Waals surface area contributed by atoms with Crippen molar-refractivity contribution in [2.24, 2.45) is 0 Å². The van der Waals surface area contributed by atoms with Crippen LogP contribution in [-0.4, -0.2) is 21.2 Å². The molecule has 2 aromatic rings. The Balaban J connectivity index is 2.33. The molecule has 0 radical (unpaired) electrons. The van der Waals surface area contributed by atoms with Crippen molar-refractivity contribution in [3.05, 3.63) is 39.8 Å². The Morgan fingerprint density at radius 2 is 2.15 bits per heavy atom. The molecule has 0 aliphatic carbocycles. The van der Waals surface area contributed by atoms with Crippen molar-refractivity contribution < 1.29 is 9.34 Å². The number of nitrogens with one attached hydrogen (secondary N) is 1. The molecule has 0 aliphatic heterocycles. The van der Waals surface area contributed by atoms with Gasteiger partial charge >= 0.3 is 0 Å². The zero-order valence-electron chi connectivity index (χ0n) is 11.6. The molecule has 1 aromatic carbocycles. The number of aromatic nitrogens is 2. The largest absolute Gasteiger partial charge is 0.419 e. The van der Waals surface area contributed by atoms with Crippen molar-refractivity contribution in [1.82, 2.24) is 15.5 Å². The summed E-state index contributed by atoms with van der Waals surface area (Å²) >= 11 is 0. The number of nitro benzene ring substituents is 1. The summed E-state index contributed by atoms with van der Waals surface area (Å²) in [5.41, 5.74) is 0.908. The van der Waals surface area contributed by atoms with Gasteiger partial charge in [0.1, 0.15) is 5.56 Å². The van der Waals surface area contributed by atoms with Gasteiger partial charge in [0.25, 0.3) is 11.6 Å². The second-order valence-electron chi connectivity index (χ2n) is 4.76. The Morgan fingerprint density at radius 1 is 1.40 bits per heavy atom. The molecule has 0 aliphatic rings. The first kappa shape index (κ1) is 14.1. The maximum atomic E-state index is 11.1. The summed E-state index contributed by atoms with van der Waals surface area (Å²) in [4.78, 5) is 10.7. The summed E-state index contributed by atoms with van der Waals surface area (Å²) in [7, 11) is 0. The zero-order chi connectivity index (χ0) is 14.7. The van der Waals surface area contributed by atoms with Crippen molar-refractivity contribution >= 4 is 5.69 Å². The highest BCUT2D eigenvalue weighted by Crippen LogP contribution is 2.31. The number of benzene rings is 1. The Labute approximate surface area is 116 Å². The molecule has 0 amide bonds. The molecule has 0 saturated carbocycles. The van der Waals surface area contributed by atoms with Crippen molar-refractivity contribution in [3.63, 3.8) is 0 Å². The number of nitrogens with zero attached hydrogens (tertiary/aromatic N) is 3. The fourth-order valence-corrected chi connectivity index (χ4v) is 1.80. The van der Waals surface area contributed by atoms with E-state index in [4.69, 9.17) is 4.42 Å². The van der Waals surface area contributed by atoms with Gasteiger partial charge in [0.15, 0.2) is 0 Å². The number of aryl methyl sites for hydroxylation is 1. The van der Waals surface area contributed by atoms with Gasteiger partial charge in [-0.3, -0.25) is 10.1 Å². The van der Waals surface area contributed by atoms with Gasteiger partial charge in [-0.25, -0.2) is 0 Å². The van der Waals surface area contributed by atoms with E-state index in [2.05, 4.69) is 15.5 Å². The Bertz CT molecular complexity index is 622. The molecule has 106 valence electrons. The molecule has 20 heavy (non-hydrogen) atoms. The molecule has 0 bridgehead atoms. The van der Waals surface area contributed by atoms with Crippen molar-refractivity contribution in [2.75, 3.05) is 0 Å². The van der Waals surface area contributed by atoms with Gasteiger partial charge in [-0.2, -0.15) is 0 Å². The third kappa shape index (κ3) is 3.00. The molecule has 0 spiro atoms. The van der Waals surface area contributed by atoms with Gasteiger partial charge in [0, 0.05) is 11.6 Å². The van der Waals surface area contributed by atoms with E-state index in [9.17, 15) is 10.1 Å². The zero-order valence-corrected chi connectivity index (χ0v) is 11.6. The first-order valence-corrected chi connectivity index (χ1v) is 6.29. The van der Waals surface area contributed by atoms with Crippen LogP contribution in [0.1, 0.15) is 25.3 Å². The summed E-state index contributed by atoms with van der Waals surface area (Å²) < 4.78 is 5.48. The molecule has 1 N–H and O–H groups in total. The monoisotopic (exact) mass is 276 g/mol. The highest BCUT2D eigenvalue weighted by molar-refractivity contribution is 5.69. The quantitative estimate of drug-likeness (QED) is 0.665. The molecule has 7 nitrogen and oxygen atoms in total. The van der Waals surface area contributed by atoms with E-state index in [0.29, 0.717) is 29.6 Å². The van der Waals surface area contributed by atoms with Crippen molar-refractivity contribution in [2.45, 2.75) is 33.4 Å². The van der Waals surface area contributed by atoms with Crippen LogP contribution in [0, 0.1) is 17.0 Å². The van der Waals surface area contributed by atoms with Crippen LogP contribution in [0.5, 0.6) is 0 Å². The van der Waals surface area contributed by atoms with Crippen molar-refractivity contribution in [3.8, 4) is 11.5 Å². The van der Waals surface area contributed by atoms with Crippen LogP contribution in [0.15, 0.2) is 22.6 Å². The summed E-state index contributed by atoms with van der Waals surface area (Å²) in [5.74, 6) is 0.575. The maximum Gasteiger partial charge on any atom is 0.284 e. The number of hydrogen-bond donors (Lipinski definition) is 1.